The van der Waals surface area contributed by atoms with Crippen LogP contribution < -0.4 is 4.72 Å². The van der Waals surface area contributed by atoms with Crippen molar-refractivity contribution < 1.29 is 8.42 Å². The zero-order valence-electron chi connectivity index (χ0n) is 20.9. The molecule has 4 aromatic rings. The number of hydrogen-bond donors (Lipinski definition) is 1. The molecule has 37 heavy (non-hydrogen) atoms. The summed E-state index contributed by atoms with van der Waals surface area (Å²) in [4.78, 5) is 8.11. The molecule has 1 aliphatic heterocycles. The molecule has 1 N–H and O–H groups in total. The van der Waals surface area contributed by atoms with Crippen molar-refractivity contribution in [2.45, 2.75) is 42.9 Å². The van der Waals surface area contributed by atoms with Crippen molar-refractivity contribution in [3.8, 4) is 10.7 Å². The molecule has 2 aromatic carbocycles. The summed E-state index contributed by atoms with van der Waals surface area (Å²) >= 11 is 3.30. The van der Waals surface area contributed by atoms with Gasteiger partial charge in [0.1, 0.15) is 0 Å². The fourth-order valence-corrected chi connectivity index (χ4v) is 7.14. The average molecular weight is 555 g/mol. The normalized spacial score (nSPS) is 14.1. The first-order chi connectivity index (χ1) is 17.9. The fourth-order valence-electron chi connectivity index (χ4n) is 4.41. The summed E-state index contributed by atoms with van der Waals surface area (Å²) in [6, 6.07) is 15.1. The van der Waals surface area contributed by atoms with Crippen molar-refractivity contribution in [2.75, 3.05) is 18.8 Å². The Balaban J connectivity index is 1.14. The van der Waals surface area contributed by atoms with Gasteiger partial charge in [0.05, 0.1) is 21.0 Å². The molecule has 5 rings (SSSR count). The Labute approximate surface area is 226 Å². The van der Waals surface area contributed by atoms with E-state index in [1.54, 1.807) is 29.2 Å². The summed E-state index contributed by atoms with van der Waals surface area (Å²) in [6.07, 6.45) is 1.94. The minimum Gasteiger partial charge on any atom is -0.304 e. The lowest BCUT2D eigenvalue weighted by atomic mass is 10.00. The van der Waals surface area contributed by atoms with E-state index in [2.05, 4.69) is 24.8 Å². The number of nitrogens with zero attached hydrogens (tertiary/aromatic N) is 5. The van der Waals surface area contributed by atoms with Gasteiger partial charge in [0, 0.05) is 32.4 Å². The molecule has 0 spiro atoms. The summed E-state index contributed by atoms with van der Waals surface area (Å²) in [5.74, 6) is 1.80. The summed E-state index contributed by atoms with van der Waals surface area (Å²) in [5, 5.41) is 9.65. The molecule has 0 saturated heterocycles. The minimum absolute atomic E-state index is 0.279. The van der Waals surface area contributed by atoms with Crippen LogP contribution in [0.15, 0.2) is 64.1 Å². The maximum absolute atomic E-state index is 12.9. The van der Waals surface area contributed by atoms with E-state index in [1.807, 2.05) is 66.5 Å². The van der Waals surface area contributed by atoms with Crippen LogP contribution in [0.3, 0.4) is 0 Å². The van der Waals surface area contributed by atoms with E-state index < -0.39 is 10.0 Å². The molecule has 8 nitrogen and oxygen atoms in total. The molecule has 3 heterocycles. The van der Waals surface area contributed by atoms with Crippen LogP contribution in [0.5, 0.6) is 0 Å². The van der Waals surface area contributed by atoms with Gasteiger partial charge in [-0.25, -0.2) is 18.1 Å². The van der Waals surface area contributed by atoms with E-state index >= 15 is 0 Å². The second-order valence-electron chi connectivity index (χ2n) is 9.10. The number of benzene rings is 2. The summed E-state index contributed by atoms with van der Waals surface area (Å²) in [7, 11) is -1.57. The van der Waals surface area contributed by atoms with Gasteiger partial charge >= 0.3 is 0 Å². The number of rotatable bonds is 10. The Kier molecular flexibility index (Phi) is 8.06. The Morgan fingerprint density at radius 1 is 1.11 bits per heavy atom. The molecule has 0 aliphatic carbocycles. The zero-order valence-corrected chi connectivity index (χ0v) is 23.4. The predicted molar refractivity (Wildman–Crippen MR) is 148 cm³/mol. The molecule has 11 heteroatoms. The monoisotopic (exact) mass is 554 g/mol. The van der Waals surface area contributed by atoms with Crippen LogP contribution in [0.25, 0.3) is 10.7 Å². The van der Waals surface area contributed by atoms with Gasteiger partial charge in [0.2, 0.25) is 10.0 Å². The molecular formula is C26H30N6O2S3. The second-order valence-corrected chi connectivity index (χ2v) is 12.8. The van der Waals surface area contributed by atoms with Gasteiger partial charge in [-0.05, 0) is 55.1 Å². The largest absolute Gasteiger partial charge is 0.304 e. The van der Waals surface area contributed by atoms with Crippen molar-refractivity contribution in [3.63, 3.8) is 0 Å². The number of nitrogens with one attached hydrogen (secondary N) is 1. The van der Waals surface area contributed by atoms with Crippen LogP contribution in [-0.4, -0.2) is 51.9 Å². The van der Waals surface area contributed by atoms with E-state index in [-0.39, 0.29) is 6.54 Å². The molecule has 0 unspecified atom stereocenters. The lowest BCUT2D eigenvalue weighted by Crippen LogP contribution is -2.32. The lowest BCUT2D eigenvalue weighted by molar-refractivity contribution is 0.255. The maximum Gasteiger partial charge on any atom is 0.240 e. The van der Waals surface area contributed by atoms with Gasteiger partial charge in [0.25, 0.3) is 0 Å². The SMILES string of the molecule is Cc1ncsc1-c1nnc(SCCCN2CCc3ccc(S(=O)(=O)NCc4ccccc4)cc3C2)n1C. The highest BCUT2D eigenvalue weighted by Gasteiger charge is 2.21. The van der Waals surface area contributed by atoms with Gasteiger partial charge in [-0.3, -0.25) is 4.90 Å². The van der Waals surface area contributed by atoms with Gasteiger partial charge < -0.3 is 4.57 Å². The van der Waals surface area contributed by atoms with Gasteiger partial charge in [-0.15, -0.1) is 21.5 Å². The molecule has 0 fully saturated rings. The Bertz CT molecular complexity index is 1470. The van der Waals surface area contributed by atoms with Crippen molar-refractivity contribution in [2.24, 2.45) is 7.05 Å². The first kappa shape index (κ1) is 26.1. The minimum atomic E-state index is -3.57. The maximum atomic E-state index is 12.9. The third kappa shape index (κ3) is 6.12. The number of thioether (sulfide) groups is 1. The molecule has 0 atom stereocenters. The molecule has 0 radical (unpaired) electrons. The van der Waals surface area contributed by atoms with Crippen LogP contribution in [0.2, 0.25) is 0 Å². The lowest BCUT2D eigenvalue weighted by Gasteiger charge is -2.29. The van der Waals surface area contributed by atoms with E-state index in [0.717, 1.165) is 70.9 Å². The van der Waals surface area contributed by atoms with Gasteiger partial charge in [-0.2, -0.15) is 0 Å². The average Bonchev–Trinajstić information content (AvgIpc) is 3.50. The first-order valence-corrected chi connectivity index (χ1v) is 15.6. The van der Waals surface area contributed by atoms with Gasteiger partial charge in [0.15, 0.2) is 11.0 Å². The van der Waals surface area contributed by atoms with Crippen LogP contribution >= 0.6 is 23.1 Å². The van der Waals surface area contributed by atoms with E-state index in [4.69, 9.17) is 0 Å². The van der Waals surface area contributed by atoms with Crippen LogP contribution in [0, 0.1) is 6.92 Å². The highest BCUT2D eigenvalue weighted by molar-refractivity contribution is 7.99. The summed E-state index contributed by atoms with van der Waals surface area (Å²) < 4.78 is 30.6. The Hall–Kier alpha value is -2.57. The fraction of sp³-hybridized carbons (Fsp3) is 0.346. The predicted octanol–water partition coefficient (Wildman–Crippen LogP) is 4.27. The summed E-state index contributed by atoms with van der Waals surface area (Å²) in [6.45, 7) is 4.97. The quantitative estimate of drug-likeness (QED) is 0.231. The van der Waals surface area contributed by atoms with E-state index in [1.165, 1.54) is 5.56 Å². The smallest absolute Gasteiger partial charge is 0.240 e. The topological polar surface area (TPSA) is 93.0 Å². The van der Waals surface area contributed by atoms with Gasteiger partial charge in [-0.1, -0.05) is 48.2 Å². The number of aryl methyl sites for hydroxylation is 1. The molecule has 194 valence electrons. The van der Waals surface area contributed by atoms with Crippen molar-refractivity contribution in [3.05, 3.63) is 76.4 Å². The first-order valence-electron chi connectivity index (χ1n) is 12.2. The third-order valence-electron chi connectivity index (χ3n) is 6.52. The second kappa shape index (κ2) is 11.4. The van der Waals surface area contributed by atoms with Crippen molar-refractivity contribution >= 4 is 33.1 Å². The van der Waals surface area contributed by atoms with Crippen LogP contribution in [-0.2, 0) is 36.6 Å². The standard InChI is InChI=1S/C26H30N6O2S3/c1-19-24(36-18-27-19)25-29-30-26(31(25)2)35-14-6-12-32-13-11-21-9-10-23(15-22(21)17-32)37(33,34)28-16-20-7-4-3-5-8-20/h3-5,7-10,15,18,28H,6,11-14,16-17H2,1-2H3. The third-order valence-corrected chi connectivity index (χ3v) is 9.95. The Morgan fingerprint density at radius 3 is 2.73 bits per heavy atom. The zero-order chi connectivity index (χ0) is 25.8. The number of fused-ring (bicyclic) bond motifs is 1. The van der Waals surface area contributed by atoms with Crippen molar-refractivity contribution in [1.29, 1.82) is 0 Å². The Morgan fingerprint density at radius 2 is 1.95 bits per heavy atom. The molecule has 0 bridgehead atoms. The number of hydrogen-bond acceptors (Lipinski definition) is 8. The highest BCUT2D eigenvalue weighted by Crippen LogP contribution is 2.28. The molecule has 1 aliphatic rings. The van der Waals surface area contributed by atoms with E-state index in [0.29, 0.717) is 4.90 Å². The highest BCUT2D eigenvalue weighted by atomic mass is 32.2. The number of thiazole rings is 1. The molecule has 2 aromatic heterocycles. The molecule has 0 amide bonds. The summed E-state index contributed by atoms with van der Waals surface area (Å²) in [5.41, 5.74) is 6.08. The molecule has 0 saturated carbocycles. The van der Waals surface area contributed by atoms with Crippen molar-refractivity contribution in [1.82, 2.24) is 29.4 Å². The van der Waals surface area contributed by atoms with E-state index in [9.17, 15) is 8.42 Å². The number of sulfonamides is 1. The molecular weight excluding hydrogens is 525 g/mol. The number of aromatic nitrogens is 4. The van der Waals surface area contributed by atoms with Crippen LogP contribution in [0.1, 0.15) is 28.8 Å². The van der Waals surface area contributed by atoms with Crippen LogP contribution in [0.4, 0.5) is 0 Å².